The summed E-state index contributed by atoms with van der Waals surface area (Å²) in [6.07, 6.45) is 2.97. The molecule has 0 bridgehead atoms. The average molecular weight is 441 g/mol. The standard InChI is InChI=1S/C23H21F2N3O4/c1-13-20(22-27(2)15-7-5-6-8-16(15)28(22)26-13)17(29)10-9-14-11-18(30-3)21(32-23(24)25)19(12-14)31-4/h5-12,23H,1-4H3/b10-9+. The number of aryl methyl sites for hydroxylation is 2. The number of ether oxygens (including phenoxy) is 3. The second kappa shape index (κ2) is 8.33. The first-order valence-electron chi connectivity index (χ1n) is 9.71. The fraction of sp³-hybridized carbons (Fsp3) is 0.217. The summed E-state index contributed by atoms with van der Waals surface area (Å²) >= 11 is 0. The molecule has 2 aromatic heterocycles. The molecule has 4 aromatic rings. The highest BCUT2D eigenvalue weighted by atomic mass is 19.3. The summed E-state index contributed by atoms with van der Waals surface area (Å²) < 4.78 is 44.0. The molecule has 0 N–H and O–H groups in total. The predicted molar refractivity (Wildman–Crippen MR) is 116 cm³/mol. The molecule has 9 heteroatoms. The second-order valence-electron chi connectivity index (χ2n) is 7.07. The van der Waals surface area contributed by atoms with Gasteiger partial charge in [0.1, 0.15) is 5.65 Å². The molecule has 32 heavy (non-hydrogen) atoms. The number of imidazole rings is 1. The summed E-state index contributed by atoms with van der Waals surface area (Å²) in [6.45, 7) is -1.25. The molecule has 166 valence electrons. The van der Waals surface area contributed by atoms with Crippen LogP contribution in [0.15, 0.2) is 42.5 Å². The highest BCUT2D eigenvalue weighted by Crippen LogP contribution is 2.40. The lowest BCUT2D eigenvalue weighted by atomic mass is 10.1. The van der Waals surface area contributed by atoms with Crippen molar-refractivity contribution in [3.63, 3.8) is 0 Å². The zero-order chi connectivity index (χ0) is 23.0. The smallest absolute Gasteiger partial charge is 0.387 e. The molecule has 0 saturated heterocycles. The zero-order valence-electron chi connectivity index (χ0n) is 17.9. The van der Waals surface area contributed by atoms with E-state index in [4.69, 9.17) is 9.47 Å². The van der Waals surface area contributed by atoms with E-state index in [0.717, 1.165) is 11.0 Å². The van der Waals surface area contributed by atoms with Crippen LogP contribution in [0.3, 0.4) is 0 Å². The van der Waals surface area contributed by atoms with Gasteiger partial charge in [0, 0.05) is 7.05 Å². The highest BCUT2D eigenvalue weighted by molar-refractivity contribution is 6.12. The van der Waals surface area contributed by atoms with Crippen molar-refractivity contribution in [1.29, 1.82) is 0 Å². The number of allylic oxidation sites excluding steroid dienone is 1. The van der Waals surface area contributed by atoms with Crippen molar-refractivity contribution < 1.29 is 27.8 Å². The number of alkyl halides is 2. The lowest BCUT2D eigenvalue weighted by Gasteiger charge is -2.14. The van der Waals surface area contributed by atoms with Crippen LogP contribution in [0, 0.1) is 6.92 Å². The first-order valence-corrected chi connectivity index (χ1v) is 9.71. The summed E-state index contributed by atoms with van der Waals surface area (Å²) in [6, 6.07) is 10.7. The van der Waals surface area contributed by atoms with Crippen LogP contribution in [0.2, 0.25) is 0 Å². The van der Waals surface area contributed by atoms with Crippen LogP contribution in [0.25, 0.3) is 22.8 Å². The van der Waals surface area contributed by atoms with Crippen LogP contribution in [0.5, 0.6) is 17.2 Å². The molecule has 0 fully saturated rings. The first-order chi connectivity index (χ1) is 15.3. The number of fused-ring (bicyclic) bond motifs is 3. The minimum atomic E-state index is -3.03. The van der Waals surface area contributed by atoms with Crippen LogP contribution < -0.4 is 14.2 Å². The van der Waals surface area contributed by atoms with Crippen LogP contribution >= 0.6 is 0 Å². The van der Waals surface area contributed by atoms with Gasteiger partial charge in [0.2, 0.25) is 5.75 Å². The van der Waals surface area contributed by atoms with E-state index >= 15 is 0 Å². The largest absolute Gasteiger partial charge is 0.493 e. The molecule has 0 aliphatic carbocycles. The van der Waals surface area contributed by atoms with Crippen LogP contribution in [-0.4, -0.2) is 40.8 Å². The third kappa shape index (κ3) is 3.55. The van der Waals surface area contributed by atoms with E-state index < -0.39 is 6.61 Å². The second-order valence-corrected chi connectivity index (χ2v) is 7.07. The quantitative estimate of drug-likeness (QED) is 0.309. The van der Waals surface area contributed by atoms with Crippen molar-refractivity contribution in [3.05, 3.63) is 59.3 Å². The number of carbonyl (C=O) groups excluding carboxylic acids is 1. The van der Waals surface area contributed by atoms with Gasteiger partial charge in [-0.25, -0.2) is 4.52 Å². The summed E-state index contributed by atoms with van der Waals surface area (Å²) in [5.41, 5.74) is 4.15. The van der Waals surface area contributed by atoms with Gasteiger partial charge in [-0.2, -0.15) is 13.9 Å². The third-order valence-electron chi connectivity index (χ3n) is 5.19. The minimum Gasteiger partial charge on any atom is -0.493 e. The molecule has 0 amide bonds. The van der Waals surface area contributed by atoms with Crippen LogP contribution in [-0.2, 0) is 7.05 Å². The molecule has 7 nitrogen and oxygen atoms in total. The zero-order valence-corrected chi connectivity index (χ0v) is 17.9. The molecule has 0 spiro atoms. The molecule has 0 unspecified atom stereocenters. The maximum Gasteiger partial charge on any atom is 0.387 e. The number of methoxy groups -OCH3 is 2. The number of nitrogens with zero attached hydrogens (tertiary/aromatic N) is 3. The fourth-order valence-corrected chi connectivity index (χ4v) is 3.78. The van der Waals surface area contributed by atoms with E-state index in [1.54, 1.807) is 17.5 Å². The highest BCUT2D eigenvalue weighted by Gasteiger charge is 2.21. The van der Waals surface area contributed by atoms with Crippen molar-refractivity contribution >= 4 is 28.5 Å². The molecular weight excluding hydrogens is 420 g/mol. The monoisotopic (exact) mass is 441 g/mol. The van der Waals surface area contributed by atoms with E-state index in [1.165, 1.54) is 32.4 Å². The number of hydrogen-bond acceptors (Lipinski definition) is 5. The van der Waals surface area contributed by atoms with Gasteiger partial charge in [0.25, 0.3) is 0 Å². The molecule has 0 aliphatic rings. The van der Waals surface area contributed by atoms with Gasteiger partial charge < -0.3 is 18.8 Å². The van der Waals surface area contributed by atoms with Crippen molar-refractivity contribution in [2.24, 2.45) is 7.05 Å². The normalized spacial score (nSPS) is 11.7. The lowest BCUT2D eigenvalue weighted by Crippen LogP contribution is -2.05. The van der Waals surface area contributed by atoms with Crippen LogP contribution in [0.1, 0.15) is 21.6 Å². The Hall–Kier alpha value is -3.88. The number of benzene rings is 2. The number of halogens is 2. The molecular formula is C23H21F2N3O4. The van der Waals surface area contributed by atoms with Gasteiger partial charge >= 0.3 is 6.61 Å². The van der Waals surface area contributed by atoms with E-state index in [-0.39, 0.29) is 23.0 Å². The predicted octanol–water partition coefficient (Wildman–Crippen LogP) is 4.65. The summed E-state index contributed by atoms with van der Waals surface area (Å²) in [5.74, 6) is -0.323. The molecule has 4 rings (SSSR count). The number of para-hydroxylation sites is 2. The van der Waals surface area contributed by atoms with E-state index in [1.807, 2.05) is 35.9 Å². The Labute approximate surface area is 182 Å². The molecule has 0 aliphatic heterocycles. The Morgan fingerprint density at radius 3 is 2.31 bits per heavy atom. The minimum absolute atomic E-state index is 0.0644. The summed E-state index contributed by atoms with van der Waals surface area (Å²) in [5, 5.41) is 4.55. The third-order valence-corrected chi connectivity index (χ3v) is 5.19. The molecule has 0 saturated carbocycles. The summed E-state index contributed by atoms with van der Waals surface area (Å²) in [7, 11) is 4.55. The van der Waals surface area contributed by atoms with Gasteiger partial charge in [-0.1, -0.05) is 18.2 Å². The van der Waals surface area contributed by atoms with Gasteiger partial charge in [0.15, 0.2) is 17.3 Å². The molecule has 0 radical (unpaired) electrons. The van der Waals surface area contributed by atoms with Crippen molar-refractivity contribution in [2.75, 3.05) is 14.2 Å². The summed E-state index contributed by atoms with van der Waals surface area (Å²) in [4.78, 5) is 13.1. The van der Waals surface area contributed by atoms with Crippen molar-refractivity contribution in [2.45, 2.75) is 13.5 Å². The van der Waals surface area contributed by atoms with Gasteiger partial charge in [-0.3, -0.25) is 4.79 Å². The average Bonchev–Trinajstić information content (AvgIpc) is 3.26. The Bertz CT molecular complexity index is 1330. The van der Waals surface area contributed by atoms with E-state index in [2.05, 4.69) is 9.84 Å². The first kappa shape index (κ1) is 21.4. The lowest BCUT2D eigenvalue weighted by molar-refractivity contribution is -0.0526. The van der Waals surface area contributed by atoms with Gasteiger partial charge in [0.05, 0.1) is 36.5 Å². The Morgan fingerprint density at radius 1 is 1.09 bits per heavy atom. The molecule has 0 atom stereocenters. The fourth-order valence-electron chi connectivity index (χ4n) is 3.78. The van der Waals surface area contributed by atoms with Gasteiger partial charge in [-0.05, 0) is 42.8 Å². The van der Waals surface area contributed by atoms with Crippen molar-refractivity contribution in [3.8, 4) is 17.2 Å². The van der Waals surface area contributed by atoms with Crippen molar-refractivity contribution in [1.82, 2.24) is 14.2 Å². The SMILES string of the molecule is COc1cc(/C=C/C(=O)c2c(C)nn3c4ccccc4n(C)c23)cc(OC)c1OC(F)F. The number of aromatic nitrogens is 3. The number of ketones is 1. The maximum absolute atomic E-state index is 13.1. The van der Waals surface area contributed by atoms with Crippen LogP contribution in [0.4, 0.5) is 8.78 Å². The Kier molecular flexibility index (Phi) is 5.56. The number of hydrogen-bond donors (Lipinski definition) is 0. The van der Waals surface area contributed by atoms with Gasteiger partial charge in [-0.15, -0.1) is 0 Å². The molecule has 2 aromatic carbocycles. The van der Waals surface area contributed by atoms with E-state index in [9.17, 15) is 13.6 Å². The number of rotatable bonds is 7. The van der Waals surface area contributed by atoms with E-state index in [0.29, 0.717) is 22.5 Å². The topological polar surface area (TPSA) is 67.0 Å². The molecule has 2 heterocycles. The Morgan fingerprint density at radius 2 is 1.72 bits per heavy atom. The Balaban J connectivity index is 1.74. The number of carbonyl (C=O) groups is 1. The maximum atomic E-state index is 13.1.